The molecular weight excluding hydrogens is 198 g/mol. The second-order valence-electron chi connectivity index (χ2n) is 5.80. The first-order valence-electron chi connectivity index (χ1n) is 6.59. The molecule has 0 amide bonds. The maximum absolute atomic E-state index is 3.72. The van der Waals surface area contributed by atoms with Gasteiger partial charge in [-0.3, -0.25) is 0 Å². The van der Waals surface area contributed by atoms with E-state index in [1.165, 1.54) is 32.5 Å². The van der Waals surface area contributed by atoms with Crippen LogP contribution in [0.15, 0.2) is 0 Å². The van der Waals surface area contributed by atoms with Crippen molar-refractivity contribution in [1.29, 1.82) is 0 Å². The van der Waals surface area contributed by atoms with Gasteiger partial charge in [0, 0.05) is 18.1 Å². The average molecular weight is 227 g/mol. The zero-order valence-electron chi connectivity index (χ0n) is 11.7. The molecule has 16 heavy (non-hydrogen) atoms. The molecular formula is C13H29N3. The van der Waals surface area contributed by atoms with Gasteiger partial charge >= 0.3 is 0 Å². The summed E-state index contributed by atoms with van der Waals surface area (Å²) < 4.78 is 0. The van der Waals surface area contributed by atoms with E-state index in [0.717, 1.165) is 12.6 Å². The molecule has 1 fully saturated rings. The number of likely N-dealkylation sites (N-methyl/N-ethyl adjacent to an activating group) is 1. The topological polar surface area (TPSA) is 18.5 Å². The van der Waals surface area contributed by atoms with Gasteiger partial charge < -0.3 is 15.1 Å². The summed E-state index contributed by atoms with van der Waals surface area (Å²) in [5.41, 5.74) is 0.252. The molecule has 0 atom stereocenters. The molecule has 1 aliphatic heterocycles. The van der Waals surface area contributed by atoms with Gasteiger partial charge in [-0.2, -0.15) is 0 Å². The SMILES string of the molecule is CCN1CCC(NCC(C)(C)N(C)C)CC1. The van der Waals surface area contributed by atoms with Crippen molar-refractivity contribution in [3.63, 3.8) is 0 Å². The zero-order chi connectivity index (χ0) is 12.2. The molecule has 0 aromatic heterocycles. The maximum Gasteiger partial charge on any atom is 0.0271 e. The summed E-state index contributed by atoms with van der Waals surface area (Å²) in [6, 6.07) is 0.724. The van der Waals surface area contributed by atoms with Crippen molar-refractivity contribution >= 4 is 0 Å². The highest BCUT2D eigenvalue weighted by Crippen LogP contribution is 2.13. The third kappa shape index (κ3) is 4.04. The Morgan fingerprint density at radius 3 is 2.25 bits per heavy atom. The molecule has 0 bridgehead atoms. The Kier molecular flexibility index (Phi) is 5.22. The minimum atomic E-state index is 0.252. The predicted molar refractivity (Wildman–Crippen MR) is 70.9 cm³/mol. The first-order chi connectivity index (χ1) is 7.45. The molecule has 0 saturated carbocycles. The minimum absolute atomic E-state index is 0.252. The lowest BCUT2D eigenvalue weighted by molar-refractivity contribution is 0.161. The molecule has 1 aliphatic rings. The van der Waals surface area contributed by atoms with Gasteiger partial charge in [-0.05, 0) is 60.4 Å². The normalized spacial score (nSPS) is 20.6. The number of likely N-dealkylation sites (tertiary alicyclic amines) is 1. The van der Waals surface area contributed by atoms with E-state index in [1.54, 1.807) is 0 Å². The quantitative estimate of drug-likeness (QED) is 0.766. The third-order valence-electron chi connectivity index (χ3n) is 4.07. The average Bonchev–Trinajstić information content (AvgIpc) is 2.27. The van der Waals surface area contributed by atoms with Crippen molar-refractivity contribution in [2.45, 2.75) is 45.2 Å². The van der Waals surface area contributed by atoms with Gasteiger partial charge in [-0.15, -0.1) is 0 Å². The lowest BCUT2D eigenvalue weighted by atomic mass is 10.0. The van der Waals surface area contributed by atoms with Gasteiger partial charge in [-0.25, -0.2) is 0 Å². The van der Waals surface area contributed by atoms with Crippen LogP contribution in [0.4, 0.5) is 0 Å². The van der Waals surface area contributed by atoms with Crippen LogP contribution in [0.5, 0.6) is 0 Å². The van der Waals surface area contributed by atoms with Crippen LogP contribution in [0.1, 0.15) is 33.6 Å². The molecule has 0 aromatic carbocycles. The van der Waals surface area contributed by atoms with Crippen molar-refractivity contribution in [3.8, 4) is 0 Å². The lowest BCUT2D eigenvalue weighted by Gasteiger charge is -2.37. The van der Waals surface area contributed by atoms with Crippen LogP contribution >= 0.6 is 0 Å². The largest absolute Gasteiger partial charge is 0.312 e. The molecule has 1 N–H and O–H groups in total. The van der Waals surface area contributed by atoms with Gasteiger partial charge in [0.15, 0.2) is 0 Å². The summed E-state index contributed by atoms with van der Waals surface area (Å²) in [6.07, 6.45) is 2.61. The Hall–Kier alpha value is -0.120. The lowest BCUT2D eigenvalue weighted by Crippen LogP contribution is -2.51. The zero-order valence-corrected chi connectivity index (χ0v) is 11.7. The highest BCUT2D eigenvalue weighted by Gasteiger charge is 2.23. The smallest absolute Gasteiger partial charge is 0.0271 e. The Balaban J connectivity index is 2.24. The van der Waals surface area contributed by atoms with Crippen LogP contribution in [0.25, 0.3) is 0 Å². The van der Waals surface area contributed by atoms with Crippen molar-refractivity contribution in [2.24, 2.45) is 0 Å². The van der Waals surface area contributed by atoms with Gasteiger partial charge in [0.1, 0.15) is 0 Å². The van der Waals surface area contributed by atoms with Crippen LogP contribution < -0.4 is 5.32 Å². The fourth-order valence-corrected chi connectivity index (χ4v) is 2.01. The number of rotatable bonds is 5. The Morgan fingerprint density at radius 2 is 1.81 bits per heavy atom. The van der Waals surface area contributed by atoms with E-state index in [9.17, 15) is 0 Å². The van der Waals surface area contributed by atoms with E-state index >= 15 is 0 Å². The molecule has 96 valence electrons. The molecule has 1 rings (SSSR count). The van der Waals surface area contributed by atoms with Crippen LogP contribution in [0.3, 0.4) is 0 Å². The summed E-state index contributed by atoms with van der Waals surface area (Å²) >= 11 is 0. The highest BCUT2D eigenvalue weighted by molar-refractivity contribution is 4.84. The van der Waals surface area contributed by atoms with Crippen LogP contribution in [-0.4, -0.2) is 61.7 Å². The summed E-state index contributed by atoms with van der Waals surface area (Å²) in [7, 11) is 4.31. The van der Waals surface area contributed by atoms with Gasteiger partial charge in [-0.1, -0.05) is 6.92 Å². The van der Waals surface area contributed by atoms with E-state index in [2.05, 4.69) is 50.0 Å². The maximum atomic E-state index is 3.72. The van der Waals surface area contributed by atoms with Gasteiger partial charge in [0.2, 0.25) is 0 Å². The first-order valence-corrected chi connectivity index (χ1v) is 6.59. The number of hydrogen-bond acceptors (Lipinski definition) is 3. The molecule has 1 heterocycles. The van der Waals surface area contributed by atoms with E-state index in [1.807, 2.05) is 0 Å². The van der Waals surface area contributed by atoms with Gasteiger partial charge in [0.05, 0.1) is 0 Å². The fraction of sp³-hybridized carbons (Fsp3) is 1.00. The first kappa shape index (κ1) is 13.9. The van der Waals surface area contributed by atoms with Crippen molar-refractivity contribution < 1.29 is 0 Å². The summed E-state index contributed by atoms with van der Waals surface area (Å²) in [6.45, 7) is 11.6. The van der Waals surface area contributed by atoms with Crippen LogP contribution in [0, 0.1) is 0 Å². The molecule has 3 heteroatoms. The Morgan fingerprint density at radius 1 is 1.25 bits per heavy atom. The standard InChI is InChI=1S/C13H29N3/c1-6-16-9-7-12(8-10-16)14-11-13(2,3)15(4)5/h12,14H,6-11H2,1-5H3. The number of piperidine rings is 1. The third-order valence-corrected chi connectivity index (χ3v) is 4.07. The molecule has 0 spiro atoms. The summed E-state index contributed by atoms with van der Waals surface area (Å²) in [4.78, 5) is 4.83. The van der Waals surface area contributed by atoms with E-state index in [-0.39, 0.29) is 5.54 Å². The van der Waals surface area contributed by atoms with E-state index in [4.69, 9.17) is 0 Å². The van der Waals surface area contributed by atoms with Crippen LogP contribution in [-0.2, 0) is 0 Å². The molecule has 0 unspecified atom stereocenters. The minimum Gasteiger partial charge on any atom is -0.312 e. The second-order valence-corrected chi connectivity index (χ2v) is 5.80. The van der Waals surface area contributed by atoms with E-state index < -0.39 is 0 Å². The summed E-state index contributed by atoms with van der Waals surface area (Å²) in [5.74, 6) is 0. The monoisotopic (exact) mass is 227 g/mol. The van der Waals surface area contributed by atoms with Crippen LogP contribution in [0.2, 0.25) is 0 Å². The molecule has 1 saturated heterocycles. The number of nitrogens with one attached hydrogen (secondary N) is 1. The molecule has 0 radical (unpaired) electrons. The van der Waals surface area contributed by atoms with E-state index in [0.29, 0.717) is 0 Å². The molecule has 3 nitrogen and oxygen atoms in total. The second kappa shape index (κ2) is 5.99. The number of nitrogens with zero attached hydrogens (tertiary/aromatic N) is 2. The summed E-state index contributed by atoms with van der Waals surface area (Å²) in [5, 5.41) is 3.72. The van der Waals surface area contributed by atoms with Crippen molar-refractivity contribution in [2.75, 3.05) is 40.3 Å². The Labute approximate surface area is 101 Å². The molecule has 0 aliphatic carbocycles. The molecule has 0 aromatic rings. The van der Waals surface area contributed by atoms with Gasteiger partial charge in [0.25, 0.3) is 0 Å². The van der Waals surface area contributed by atoms with Crippen molar-refractivity contribution in [1.82, 2.24) is 15.1 Å². The number of hydrogen-bond donors (Lipinski definition) is 1. The predicted octanol–water partition coefficient (Wildman–Crippen LogP) is 1.40. The fourth-order valence-electron chi connectivity index (χ4n) is 2.01. The van der Waals surface area contributed by atoms with Crippen molar-refractivity contribution in [3.05, 3.63) is 0 Å². The Bertz CT molecular complexity index is 193. The highest BCUT2D eigenvalue weighted by atomic mass is 15.2.